The molecule has 2 aromatic rings. The maximum atomic E-state index is 10.9. The number of phenols is 1. The van der Waals surface area contributed by atoms with Crippen LogP contribution in [0.25, 0.3) is 0 Å². The van der Waals surface area contributed by atoms with E-state index < -0.39 is 21.2 Å². The predicted octanol–water partition coefficient (Wildman–Crippen LogP) is 2.96. The molecule has 0 radical (unpaired) electrons. The van der Waals surface area contributed by atoms with Crippen LogP contribution in [0.5, 0.6) is 5.75 Å². The Balaban J connectivity index is 2.48. The largest absolute Gasteiger partial charge is 0.508 e. The molecule has 0 aliphatic heterocycles. The molecule has 1 N–H and O–H groups in total. The van der Waals surface area contributed by atoms with Crippen molar-refractivity contribution < 1.29 is 15.0 Å². The molecule has 21 heavy (non-hydrogen) atoms. The van der Waals surface area contributed by atoms with Crippen LogP contribution >= 0.6 is 0 Å². The molecule has 0 aromatic heterocycles. The molecule has 2 aromatic carbocycles. The lowest BCUT2D eigenvalue weighted by atomic mass is 10.2. The van der Waals surface area contributed by atoms with E-state index in [1.807, 2.05) is 0 Å². The number of hydrogen-bond donors (Lipinski definition) is 1. The number of nitrogens with zero attached hydrogens (tertiary/aromatic N) is 3. The fourth-order valence-electron chi connectivity index (χ4n) is 1.65. The van der Waals surface area contributed by atoms with Crippen LogP contribution in [-0.4, -0.2) is 21.2 Å². The highest BCUT2D eigenvalue weighted by molar-refractivity contribution is 5.85. The molecule has 0 aliphatic rings. The highest BCUT2D eigenvalue weighted by Crippen LogP contribution is 2.36. The molecular weight excluding hydrogens is 278 g/mol. The average Bonchev–Trinajstić information content (AvgIpc) is 2.46. The van der Waals surface area contributed by atoms with E-state index in [0.717, 1.165) is 12.1 Å². The number of benzene rings is 2. The molecule has 0 spiro atoms. The third-order valence-corrected chi connectivity index (χ3v) is 2.62. The normalized spacial score (nSPS) is 10.7. The quantitative estimate of drug-likeness (QED) is 0.526. The van der Waals surface area contributed by atoms with Gasteiger partial charge in [0.25, 0.3) is 0 Å². The fourth-order valence-corrected chi connectivity index (χ4v) is 1.65. The first-order valence-electron chi connectivity index (χ1n) is 5.74. The van der Waals surface area contributed by atoms with Gasteiger partial charge in [-0.2, -0.15) is 0 Å². The average molecular weight is 287 g/mol. The van der Waals surface area contributed by atoms with E-state index in [-0.39, 0.29) is 11.4 Å². The summed E-state index contributed by atoms with van der Waals surface area (Å²) in [4.78, 5) is 24.3. The lowest BCUT2D eigenvalue weighted by Gasteiger charge is -1.99. The van der Waals surface area contributed by atoms with Crippen molar-refractivity contribution in [1.29, 1.82) is 0 Å². The summed E-state index contributed by atoms with van der Waals surface area (Å²) in [6, 6.07) is 9.41. The number of nitro benzene ring substituents is 2. The third-order valence-electron chi connectivity index (χ3n) is 2.62. The first-order valence-corrected chi connectivity index (χ1v) is 5.74. The van der Waals surface area contributed by atoms with Crippen LogP contribution in [0.3, 0.4) is 0 Å². The van der Waals surface area contributed by atoms with E-state index in [0.29, 0.717) is 5.56 Å². The number of aliphatic imine (C=N–C) groups is 1. The highest BCUT2D eigenvalue weighted by Gasteiger charge is 2.23. The summed E-state index contributed by atoms with van der Waals surface area (Å²) in [6.07, 6.45) is 1.26. The van der Waals surface area contributed by atoms with Gasteiger partial charge in [0.2, 0.25) is 5.69 Å². The van der Waals surface area contributed by atoms with Gasteiger partial charge in [-0.3, -0.25) is 20.2 Å². The molecule has 106 valence electrons. The summed E-state index contributed by atoms with van der Waals surface area (Å²) in [7, 11) is 0. The van der Waals surface area contributed by atoms with Gasteiger partial charge in [-0.15, -0.1) is 0 Å². The minimum atomic E-state index is -0.726. The summed E-state index contributed by atoms with van der Waals surface area (Å²) in [5.74, 6) is 0.0591. The van der Waals surface area contributed by atoms with E-state index in [1.165, 1.54) is 36.5 Å². The smallest absolute Gasteiger partial charge is 0.301 e. The van der Waals surface area contributed by atoms with Crippen LogP contribution in [0.1, 0.15) is 5.56 Å². The van der Waals surface area contributed by atoms with Gasteiger partial charge in [0, 0.05) is 18.3 Å². The van der Waals surface area contributed by atoms with Gasteiger partial charge >= 0.3 is 11.4 Å². The van der Waals surface area contributed by atoms with Gasteiger partial charge in [-0.05, 0) is 35.9 Å². The maximum absolute atomic E-state index is 10.9. The SMILES string of the molecule is O=[N+]([O-])c1cccc([N+](=O)[O-])c1N=Cc1ccc(O)cc1. The number of para-hydroxylation sites is 1. The minimum Gasteiger partial charge on any atom is -0.508 e. The predicted molar refractivity (Wildman–Crippen MR) is 75.1 cm³/mol. The van der Waals surface area contributed by atoms with E-state index in [2.05, 4.69) is 4.99 Å². The highest BCUT2D eigenvalue weighted by atomic mass is 16.6. The monoisotopic (exact) mass is 287 g/mol. The number of phenolic OH excluding ortho intramolecular Hbond substituents is 1. The Labute approximate surface area is 118 Å². The molecule has 0 heterocycles. The van der Waals surface area contributed by atoms with Crippen LogP contribution in [0.4, 0.5) is 17.1 Å². The summed E-state index contributed by atoms with van der Waals surface area (Å²) in [6.45, 7) is 0. The van der Waals surface area contributed by atoms with Gasteiger partial charge in [0.15, 0.2) is 0 Å². The van der Waals surface area contributed by atoms with Crippen LogP contribution in [0.15, 0.2) is 47.5 Å². The maximum Gasteiger partial charge on any atom is 0.301 e. The molecule has 0 atom stereocenters. The van der Waals surface area contributed by atoms with E-state index >= 15 is 0 Å². The summed E-state index contributed by atoms with van der Waals surface area (Å²) < 4.78 is 0. The molecule has 0 unspecified atom stereocenters. The van der Waals surface area contributed by atoms with E-state index in [4.69, 9.17) is 5.11 Å². The number of nitro groups is 2. The lowest BCUT2D eigenvalue weighted by Crippen LogP contribution is -1.94. The van der Waals surface area contributed by atoms with Crippen LogP contribution in [0.2, 0.25) is 0 Å². The van der Waals surface area contributed by atoms with Crippen molar-refractivity contribution in [2.45, 2.75) is 0 Å². The first-order chi connectivity index (χ1) is 9.99. The van der Waals surface area contributed by atoms with Crippen molar-refractivity contribution in [1.82, 2.24) is 0 Å². The summed E-state index contributed by atoms with van der Waals surface area (Å²) >= 11 is 0. The number of aromatic hydroxyl groups is 1. The first kappa shape index (κ1) is 14.1. The molecule has 0 saturated heterocycles. The second-order valence-corrected chi connectivity index (χ2v) is 4.01. The third kappa shape index (κ3) is 3.18. The zero-order valence-corrected chi connectivity index (χ0v) is 10.5. The Morgan fingerprint density at radius 3 is 1.95 bits per heavy atom. The Kier molecular flexibility index (Phi) is 3.89. The number of hydrogen-bond acceptors (Lipinski definition) is 6. The molecule has 2 rings (SSSR count). The van der Waals surface area contributed by atoms with Crippen molar-refractivity contribution in [2.24, 2.45) is 4.99 Å². The standard InChI is InChI=1S/C13H9N3O5/c17-10-6-4-9(5-7-10)8-14-13-11(15(18)19)2-1-3-12(13)16(20)21/h1-8,17H. The summed E-state index contributed by atoms with van der Waals surface area (Å²) in [5.41, 5.74) is -0.667. The van der Waals surface area contributed by atoms with Gasteiger partial charge in [0.05, 0.1) is 9.85 Å². The van der Waals surface area contributed by atoms with Crippen molar-refractivity contribution >= 4 is 23.3 Å². The molecule has 0 aliphatic carbocycles. The van der Waals surface area contributed by atoms with E-state index in [1.54, 1.807) is 0 Å². The van der Waals surface area contributed by atoms with Crippen molar-refractivity contribution in [3.05, 3.63) is 68.3 Å². The fraction of sp³-hybridized carbons (Fsp3) is 0. The Morgan fingerprint density at radius 2 is 1.48 bits per heavy atom. The van der Waals surface area contributed by atoms with Crippen LogP contribution in [0, 0.1) is 20.2 Å². The van der Waals surface area contributed by atoms with Crippen LogP contribution < -0.4 is 0 Å². The summed E-state index contributed by atoms with van der Waals surface area (Å²) in [5, 5.41) is 31.0. The molecule has 8 heteroatoms. The van der Waals surface area contributed by atoms with Gasteiger partial charge in [-0.25, -0.2) is 4.99 Å². The van der Waals surface area contributed by atoms with E-state index in [9.17, 15) is 20.2 Å². The van der Waals surface area contributed by atoms with Gasteiger partial charge < -0.3 is 5.11 Å². The number of rotatable bonds is 4. The molecule has 0 fully saturated rings. The molecule has 8 nitrogen and oxygen atoms in total. The van der Waals surface area contributed by atoms with Crippen LogP contribution in [-0.2, 0) is 0 Å². The molecule has 0 bridgehead atoms. The second-order valence-electron chi connectivity index (χ2n) is 4.01. The second kappa shape index (κ2) is 5.78. The molecular formula is C13H9N3O5. The Bertz CT molecular complexity index is 693. The Morgan fingerprint density at radius 1 is 0.952 bits per heavy atom. The molecule has 0 amide bonds. The minimum absolute atomic E-state index is 0.0591. The van der Waals surface area contributed by atoms with Crippen molar-refractivity contribution in [3.63, 3.8) is 0 Å². The van der Waals surface area contributed by atoms with Gasteiger partial charge in [-0.1, -0.05) is 0 Å². The molecule has 0 saturated carbocycles. The Hall–Kier alpha value is -3.29. The van der Waals surface area contributed by atoms with Crippen molar-refractivity contribution in [3.8, 4) is 5.75 Å². The zero-order chi connectivity index (χ0) is 15.4. The zero-order valence-electron chi connectivity index (χ0n) is 10.5. The lowest BCUT2D eigenvalue weighted by molar-refractivity contribution is -0.392. The topological polar surface area (TPSA) is 119 Å². The van der Waals surface area contributed by atoms with Gasteiger partial charge in [0.1, 0.15) is 5.75 Å². The van der Waals surface area contributed by atoms with Crippen molar-refractivity contribution in [2.75, 3.05) is 0 Å².